The first-order valence-electron chi connectivity index (χ1n) is 16.4. The summed E-state index contributed by atoms with van der Waals surface area (Å²) in [4.78, 5) is 34.8. The number of alkyl carbamates (subject to hydrolysis) is 1. The summed E-state index contributed by atoms with van der Waals surface area (Å²) in [6.45, 7) is 4.12. The number of amides is 2. The average Bonchev–Trinajstić information content (AvgIpc) is 3.87. The molecule has 2 amide bonds. The smallest absolute Gasteiger partial charge is 0.453 e. The molecule has 3 aliphatic rings. The Bertz CT molecular complexity index is 1890. The third kappa shape index (κ3) is 6.08. The zero-order valence-corrected chi connectivity index (χ0v) is 28.4. The third-order valence-corrected chi connectivity index (χ3v) is 11.1. The van der Waals surface area contributed by atoms with Crippen LogP contribution >= 0.6 is 0 Å². The van der Waals surface area contributed by atoms with E-state index >= 15 is 8.78 Å². The molecule has 1 saturated heterocycles. The van der Waals surface area contributed by atoms with E-state index in [1.165, 1.54) is 13.2 Å². The van der Waals surface area contributed by atoms with Crippen molar-refractivity contribution in [2.45, 2.75) is 82.3 Å². The molecule has 1 spiro atoms. The summed E-state index contributed by atoms with van der Waals surface area (Å²) < 4.78 is 105. The molecule has 3 aromatic rings. The molecule has 1 saturated carbocycles. The molecule has 270 valence electrons. The van der Waals surface area contributed by atoms with Crippen LogP contribution in [0.1, 0.15) is 75.4 Å². The third-order valence-electron chi connectivity index (χ3n) is 10.2. The normalized spacial score (nSPS) is 20.3. The number of ether oxygens (including phenoxy) is 1. The Morgan fingerprint density at radius 2 is 1.70 bits per heavy atom. The number of rotatable bonds is 8. The van der Waals surface area contributed by atoms with E-state index in [1.54, 1.807) is 35.4 Å². The molecule has 2 aliphatic carbocycles. The van der Waals surface area contributed by atoms with Gasteiger partial charge in [-0.25, -0.2) is 18.6 Å². The second kappa shape index (κ2) is 12.8. The number of aromatic nitrogens is 2. The summed E-state index contributed by atoms with van der Waals surface area (Å²) >= 11 is 0. The minimum absolute atomic E-state index is 0.0720. The van der Waals surface area contributed by atoms with E-state index in [0.717, 1.165) is 12.5 Å². The number of imidazole rings is 1. The molecule has 1 aromatic heterocycles. The predicted octanol–water partition coefficient (Wildman–Crippen LogP) is 7.22. The zero-order valence-electron chi connectivity index (χ0n) is 27.6. The molecule has 0 unspecified atom stereocenters. The van der Waals surface area contributed by atoms with E-state index in [1.807, 2.05) is 13.8 Å². The van der Waals surface area contributed by atoms with Gasteiger partial charge in [0.05, 0.1) is 25.0 Å². The van der Waals surface area contributed by atoms with Crippen molar-refractivity contribution >= 4 is 22.1 Å². The standard InChI is InChI=1S/C34H37F5N4O6S/c1-19(2)28(42-31(45)48-3)30(44)43-16-6-7-25(43)29-40-18-24(41-29)21-10-8-20(9-11-21)22-12-13-26(49-50(46,47)34(37,38)39)23-17-32(14-4-5-15-32)33(35,36)27(22)23/h8-13,18-19,25,28H,4-7,14-17H2,1-3H3,(H,40,41)(H,42,45)/t25-,28-/m0/s1. The quantitative estimate of drug-likeness (QED) is 0.143. The number of hydrogen-bond acceptors (Lipinski definition) is 7. The Hall–Kier alpha value is -4.21. The Balaban J connectivity index is 1.29. The summed E-state index contributed by atoms with van der Waals surface area (Å²) in [5, 5.41) is 2.61. The Morgan fingerprint density at radius 1 is 1.04 bits per heavy atom. The lowest BCUT2D eigenvalue weighted by atomic mass is 9.79. The first kappa shape index (κ1) is 35.6. The molecular formula is C34H37F5N4O6S. The van der Waals surface area contributed by atoms with Crippen molar-refractivity contribution in [2.24, 2.45) is 11.3 Å². The highest BCUT2D eigenvalue weighted by atomic mass is 32.2. The number of fused-ring (bicyclic) bond motifs is 1. The lowest BCUT2D eigenvalue weighted by Crippen LogP contribution is -2.51. The van der Waals surface area contributed by atoms with Gasteiger partial charge in [-0.3, -0.25) is 4.79 Å². The number of likely N-dealkylation sites (tertiary alicyclic amines) is 1. The topological polar surface area (TPSA) is 131 Å². The van der Waals surface area contributed by atoms with Crippen LogP contribution in [0, 0.1) is 11.3 Å². The van der Waals surface area contributed by atoms with Crippen LogP contribution in [0.4, 0.5) is 26.7 Å². The highest BCUT2D eigenvalue weighted by Crippen LogP contribution is 2.64. The number of aromatic amines is 1. The van der Waals surface area contributed by atoms with E-state index in [4.69, 9.17) is 4.74 Å². The fourth-order valence-corrected chi connectivity index (χ4v) is 8.07. The van der Waals surface area contributed by atoms with Gasteiger partial charge in [-0.05, 0) is 60.8 Å². The van der Waals surface area contributed by atoms with Gasteiger partial charge in [0, 0.05) is 23.1 Å². The van der Waals surface area contributed by atoms with E-state index in [2.05, 4.69) is 19.5 Å². The molecule has 6 rings (SSSR count). The van der Waals surface area contributed by atoms with Crippen LogP contribution in [0.5, 0.6) is 5.75 Å². The Labute approximate surface area is 285 Å². The zero-order chi connectivity index (χ0) is 36.2. The minimum Gasteiger partial charge on any atom is -0.453 e. The first-order valence-corrected chi connectivity index (χ1v) is 17.8. The van der Waals surface area contributed by atoms with Crippen molar-refractivity contribution in [3.05, 3.63) is 59.5 Å². The van der Waals surface area contributed by atoms with Gasteiger partial charge in [-0.1, -0.05) is 57.0 Å². The van der Waals surface area contributed by atoms with Gasteiger partial charge < -0.3 is 24.1 Å². The van der Waals surface area contributed by atoms with Crippen molar-refractivity contribution in [3.8, 4) is 28.1 Å². The molecule has 16 heteroatoms. The molecule has 2 atom stereocenters. The second-order valence-electron chi connectivity index (χ2n) is 13.5. The molecule has 50 heavy (non-hydrogen) atoms. The second-order valence-corrected chi connectivity index (χ2v) is 15.0. The van der Waals surface area contributed by atoms with Gasteiger partial charge in [0.15, 0.2) is 0 Å². The fraction of sp³-hybridized carbons (Fsp3) is 0.500. The highest BCUT2D eigenvalue weighted by Gasteiger charge is 2.62. The number of nitrogens with one attached hydrogen (secondary N) is 2. The highest BCUT2D eigenvalue weighted by molar-refractivity contribution is 7.88. The van der Waals surface area contributed by atoms with Gasteiger partial charge in [0.1, 0.15) is 17.6 Å². The van der Waals surface area contributed by atoms with E-state index in [-0.39, 0.29) is 48.3 Å². The number of halogens is 5. The molecule has 0 radical (unpaired) electrons. The number of carbonyl (C=O) groups is 2. The number of alkyl halides is 5. The number of hydrogen-bond donors (Lipinski definition) is 2. The molecular weight excluding hydrogens is 687 g/mol. The van der Waals surface area contributed by atoms with Crippen LogP contribution in [-0.4, -0.2) is 60.5 Å². The van der Waals surface area contributed by atoms with Gasteiger partial charge in [-0.2, -0.15) is 21.6 Å². The number of benzene rings is 2. The maximum atomic E-state index is 16.4. The molecule has 2 fully saturated rings. The van der Waals surface area contributed by atoms with E-state index < -0.39 is 50.4 Å². The maximum Gasteiger partial charge on any atom is 0.534 e. The van der Waals surface area contributed by atoms with Gasteiger partial charge in [0.25, 0.3) is 5.92 Å². The Kier molecular flexibility index (Phi) is 9.14. The summed E-state index contributed by atoms with van der Waals surface area (Å²) in [5.74, 6) is -4.11. The van der Waals surface area contributed by atoms with Gasteiger partial charge in [-0.15, -0.1) is 0 Å². The van der Waals surface area contributed by atoms with Crippen molar-refractivity contribution in [1.29, 1.82) is 0 Å². The van der Waals surface area contributed by atoms with Crippen molar-refractivity contribution in [1.82, 2.24) is 20.2 Å². The monoisotopic (exact) mass is 724 g/mol. The van der Waals surface area contributed by atoms with Crippen LogP contribution in [0.3, 0.4) is 0 Å². The predicted molar refractivity (Wildman–Crippen MR) is 171 cm³/mol. The number of H-pyrrole nitrogens is 1. The summed E-state index contributed by atoms with van der Waals surface area (Å²) in [7, 11) is -4.86. The van der Waals surface area contributed by atoms with Crippen LogP contribution in [0.2, 0.25) is 0 Å². The molecule has 2 N–H and O–H groups in total. The van der Waals surface area contributed by atoms with Crippen LogP contribution in [0.15, 0.2) is 42.6 Å². The van der Waals surface area contributed by atoms with Gasteiger partial charge >= 0.3 is 21.7 Å². The maximum absolute atomic E-state index is 16.4. The van der Waals surface area contributed by atoms with Crippen molar-refractivity contribution in [3.63, 3.8) is 0 Å². The molecule has 0 bridgehead atoms. The van der Waals surface area contributed by atoms with Crippen molar-refractivity contribution < 1.29 is 48.9 Å². The van der Waals surface area contributed by atoms with Crippen LogP contribution in [-0.2, 0) is 32.0 Å². The van der Waals surface area contributed by atoms with Crippen LogP contribution < -0.4 is 9.50 Å². The number of methoxy groups -OCH3 is 1. The largest absolute Gasteiger partial charge is 0.534 e. The molecule has 2 heterocycles. The number of carbonyl (C=O) groups excluding carboxylic acids is 2. The SMILES string of the molecule is COC(=O)N[C@H](C(=O)N1CCC[C@H]1c1ncc(-c2ccc(-c3ccc(OS(=O)(=O)C(F)(F)F)c4c3C(F)(F)C3(CCCC3)C4)cc2)[nH]1)C(C)C. The number of nitrogens with zero attached hydrogens (tertiary/aromatic N) is 2. The molecule has 2 aromatic carbocycles. The summed E-state index contributed by atoms with van der Waals surface area (Å²) in [6.07, 6.45) is 3.28. The van der Waals surface area contributed by atoms with Gasteiger partial charge in [0.2, 0.25) is 5.91 Å². The Morgan fingerprint density at radius 3 is 2.32 bits per heavy atom. The van der Waals surface area contributed by atoms with E-state index in [0.29, 0.717) is 48.5 Å². The van der Waals surface area contributed by atoms with Crippen molar-refractivity contribution in [2.75, 3.05) is 13.7 Å². The van der Waals surface area contributed by atoms with Crippen LogP contribution in [0.25, 0.3) is 22.4 Å². The summed E-state index contributed by atoms with van der Waals surface area (Å²) in [6, 6.07) is 7.59. The lowest BCUT2D eigenvalue weighted by molar-refractivity contribution is -0.135. The molecule has 10 nitrogen and oxygen atoms in total. The minimum atomic E-state index is -6.08. The fourth-order valence-electron chi connectivity index (χ4n) is 7.58. The first-order chi connectivity index (χ1) is 23.5. The van der Waals surface area contributed by atoms with E-state index in [9.17, 15) is 31.2 Å². The summed E-state index contributed by atoms with van der Waals surface area (Å²) in [5.41, 5.74) is -6.34. The molecule has 1 aliphatic heterocycles. The average molecular weight is 725 g/mol. The lowest BCUT2D eigenvalue weighted by Gasteiger charge is -2.31.